The lowest BCUT2D eigenvalue weighted by Gasteiger charge is -2.25. The molecule has 0 aliphatic carbocycles. The summed E-state index contributed by atoms with van der Waals surface area (Å²) in [4.78, 5) is 12.0. The number of ether oxygens (including phenoxy) is 1. The maximum atomic E-state index is 13.0. The summed E-state index contributed by atoms with van der Waals surface area (Å²) in [6, 6.07) is 7.76. The van der Waals surface area contributed by atoms with Gasteiger partial charge in [0.15, 0.2) is 0 Å². The molecule has 2 aromatic rings. The smallest absolute Gasteiger partial charge is 0.269 e. The Hall–Kier alpha value is -2.25. The van der Waals surface area contributed by atoms with Crippen molar-refractivity contribution < 1.29 is 13.9 Å². The van der Waals surface area contributed by atoms with Crippen molar-refractivity contribution in [3.63, 3.8) is 0 Å². The number of fused-ring (bicyclic) bond motifs is 1. The largest absolute Gasteiger partial charge is 0.383 e. The summed E-state index contributed by atoms with van der Waals surface area (Å²) in [5, 5.41) is 10.6. The minimum Gasteiger partial charge on any atom is -0.383 e. The van der Waals surface area contributed by atoms with Crippen LogP contribution in [0.3, 0.4) is 0 Å². The molecular weight excluding hydrogens is 287 g/mol. The van der Waals surface area contributed by atoms with Crippen molar-refractivity contribution in [1.82, 2.24) is 20.4 Å². The van der Waals surface area contributed by atoms with E-state index in [0.717, 1.165) is 5.56 Å². The predicted octanol–water partition coefficient (Wildman–Crippen LogP) is 1.17. The number of aromatic nitrogens is 2. The fourth-order valence-electron chi connectivity index (χ4n) is 2.42. The number of hydrogen-bond donors (Lipinski definition) is 2. The van der Waals surface area contributed by atoms with Crippen molar-refractivity contribution in [3.05, 3.63) is 41.8 Å². The molecule has 0 saturated heterocycles. The number of hydrogen-bond acceptors (Lipinski definition) is 4. The van der Waals surface area contributed by atoms with Gasteiger partial charge in [0.1, 0.15) is 17.7 Å². The highest BCUT2D eigenvalue weighted by Gasteiger charge is 2.26. The molecule has 3 rings (SSSR count). The molecule has 7 heteroatoms. The van der Waals surface area contributed by atoms with Crippen molar-refractivity contribution in [1.29, 1.82) is 0 Å². The molecule has 0 radical (unpaired) electrons. The van der Waals surface area contributed by atoms with Gasteiger partial charge in [0, 0.05) is 19.2 Å². The minimum atomic E-state index is -0.301. The Balaban J connectivity index is 1.88. The Bertz CT molecular complexity index is 669. The van der Waals surface area contributed by atoms with Crippen LogP contribution in [-0.2, 0) is 4.74 Å². The maximum absolute atomic E-state index is 13.0. The van der Waals surface area contributed by atoms with E-state index in [1.165, 1.54) is 12.1 Å². The molecule has 0 fully saturated rings. The van der Waals surface area contributed by atoms with E-state index in [1.807, 2.05) is 0 Å². The van der Waals surface area contributed by atoms with Gasteiger partial charge in [-0.25, -0.2) is 9.07 Å². The van der Waals surface area contributed by atoms with E-state index in [-0.39, 0.29) is 17.9 Å². The average Bonchev–Trinajstić information content (AvgIpc) is 2.97. The second-order valence-corrected chi connectivity index (χ2v) is 5.04. The summed E-state index contributed by atoms with van der Waals surface area (Å²) >= 11 is 0. The Morgan fingerprint density at radius 1 is 1.45 bits per heavy atom. The van der Waals surface area contributed by atoms with Crippen LogP contribution in [0.2, 0.25) is 0 Å². The first kappa shape index (κ1) is 14.7. The summed E-state index contributed by atoms with van der Waals surface area (Å²) in [6.07, 6.45) is -0.128. The molecule has 1 atom stereocenters. The SMILES string of the molecule is COCCN[C@H]1CNC(=O)c2cc(-c3ccc(F)cc3)nn21. The summed E-state index contributed by atoms with van der Waals surface area (Å²) in [6.45, 7) is 1.69. The monoisotopic (exact) mass is 304 g/mol. The zero-order valence-electron chi connectivity index (χ0n) is 12.2. The van der Waals surface area contributed by atoms with E-state index in [4.69, 9.17) is 4.74 Å². The van der Waals surface area contributed by atoms with Crippen LogP contribution in [0.5, 0.6) is 0 Å². The molecular formula is C15H17FN4O2. The van der Waals surface area contributed by atoms with E-state index in [1.54, 1.807) is 30.0 Å². The lowest BCUT2D eigenvalue weighted by atomic mass is 10.1. The molecule has 1 amide bonds. The van der Waals surface area contributed by atoms with Crippen LogP contribution in [0.1, 0.15) is 16.7 Å². The Labute approximate surface area is 127 Å². The van der Waals surface area contributed by atoms with Gasteiger partial charge >= 0.3 is 0 Å². The van der Waals surface area contributed by atoms with Gasteiger partial charge in [-0.2, -0.15) is 5.10 Å². The van der Waals surface area contributed by atoms with Crippen LogP contribution < -0.4 is 10.6 Å². The zero-order chi connectivity index (χ0) is 15.5. The van der Waals surface area contributed by atoms with Crippen molar-refractivity contribution in [2.45, 2.75) is 6.17 Å². The lowest BCUT2D eigenvalue weighted by molar-refractivity contribution is 0.0897. The molecule has 6 nitrogen and oxygen atoms in total. The molecule has 0 unspecified atom stereocenters. The number of carbonyl (C=O) groups excluding carboxylic acids is 1. The zero-order valence-corrected chi connectivity index (χ0v) is 12.2. The van der Waals surface area contributed by atoms with E-state index in [9.17, 15) is 9.18 Å². The highest BCUT2D eigenvalue weighted by molar-refractivity contribution is 5.94. The Kier molecular flexibility index (Phi) is 4.17. The van der Waals surface area contributed by atoms with Gasteiger partial charge in [0.2, 0.25) is 0 Å². The van der Waals surface area contributed by atoms with E-state index in [2.05, 4.69) is 15.7 Å². The second-order valence-electron chi connectivity index (χ2n) is 5.04. The van der Waals surface area contributed by atoms with E-state index < -0.39 is 0 Å². The number of carbonyl (C=O) groups is 1. The third-order valence-corrected chi connectivity index (χ3v) is 3.55. The number of halogens is 1. The van der Waals surface area contributed by atoms with Gasteiger partial charge in [0.25, 0.3) is 5.91 Å². The van der Waals surface area contributed by atoms with Gasteiger partial charge in [-0.1, -0.05) is 0 Å². The molecule has 0 saturated carbocycles. The summed E-state index contributed by atoms with van der Waals surface area (Å²) < 4.78 is 19.7. The van der Waals surface area contributed by atoms with Crippen LogP contribution in [0, 0.1) is 5.82 Å². The van der Waals surface area contributed by atoms with Crippen LogP contribution in [0.15, 0.2) is 30.3 Å². The summed E-state index contributed by atoms with van der Waals surface area (Å²) in [5.74, 6) is -0.463. The standard InChI is InChI=1S/C15H17FN4O2/c1-22-7-6-17-14-9-18-15(21)13-8-12(19-20(13)14)10-2-4-11(16)5-3-10/h2-5,8,14,17H,6-7,9H2,1H3,(H,18,21)/t14-/m1/s1. The van der Waals surface area contributed by atoms with Crippen molar-refractivity contribution in [3.8, 4) is 11.3 Å². The Morgan fingerprint density at radius 3 is 2.95 bits per heavy atom. The Morgan fingerprint density at radius 2 is 2.23 bits per heavy atom. The molecule has 2 heterocycles. The van der Waals surface area contributed by atoms with Crippen molar-refractivity contribution >= 4 is 5.91 Å². The van der Waals surface area contributed by atoms with Crippen LogP contribution in [0.4, 0.5) is 4.39 Å². The van der Waals surface area contributed by atoms with Crippen LogP contribution >= 0.6 is 0 Å². The first-order chi connectivity index (χ1) is 10.7. The molecule has 2 N–H and O–H groups in total. The second kappa shape index (κ2) is 6.25. The van der Waals surface area contributed by atoms with Crippen molar-refractivity contribution in [2.75, 3.05) is 26.8 Å². The summed E-state index contributed by atoms with van der Waals surface area (Å²) in [5.41, 5.74) is 1.90. The van der Waals surface area contributed by atoms with Crippen LogP contribution in [0.25, 0.3) is 11.3 Å². The number of amides is 1. The number of nitrogens with zero attached hydrogens (tertiary/aromatic N) is 2. The molecule has 22 heavy (non-hydrogen) atoms. The van der Waals surface area contributed by atoms with Crippen LogP contribution in [-0.4, -0.2) is 42.5 Å². The number of methoxy groups -OCH3 is 1. The van der Waals surface area contributed by atoms with Gasteiger partial charge in [-0.3, -0.25) is 10.1 Å². The van der Waals surface area contributed by atoms with Crippen molar-refractivity contribution in [2.24, 2.45) is 0 Å². The van der Waals surface area contributed by atoms with Gasteiger partial charge < -0.3 is 10.1 Å². The molecule has 1 aliphatic heterocycles. The van der Waals surface area contributed by atoms with Gasteiger partial charge in [0.05, 0.1) is 18.8 Å². The molecule has 1 aromatic heterocycles. The minimum absolute atomic E-state index is 0.128. The molecule has 1 aromatic carbocycles. The highest BCUT2D eigenvalue weighted by Crippen LogP contribution is 2.23. The number of benzene rings is 1. The van der Waals surface area contributed by atoms with Gasteiger partial charge in [-0.05, 0) is 30.3 Å². The lowest BCUT2D eigenvalue weighted by Crippen LogP contribution is -2.46. The normalized spacial score (nSPS) is 17.2. The third kappa shape index (κ3) is 2.86. The van der Waals surface area contributed by atoms with Gasteiger partial charge in [-0.15, -0.1) is 0 Å². The highest BCUT2D eigenvalue weighted by atomic mass is 19.1. The summed E-state index contributed by atoms with van der Waals surface area (Å²) in [7, 11) is 1.64. The third-order valence-electron chi connectivity index (χ3n) is 3.55. The topological polar surface area (TPSA) is 68.2 Å². The predicted molar refractivity (Wildman–Crippen MR) is 78.9 cm³/mol. The quantitative estimate of drug-likeness (QED) is 0.814. The van der Waals surface area contributed by atoms with E-state index >= 15 is 0 Å². The first-order valence-electron chi connectivity index (χ1n) is 7.05. The fourth-order valence-corrected chi connectivity index (χ4v) is 2.42. The average molecular weight is 304 g/mol. The molecule has 0 spiro atoms. The molecule has 1 aliphatic rings. The molecule has 0 bridgehead atoms. The van der Waals surface area contributed by atoms with E-state index in [0.29, 0.717) is 31.1 Å². The first-order valence-corrected chi connectivity index (χ1v) is 7.05. The maximum Gasteiger partial charge on any atom is 0.269 e. The molecule has 116 valence electrons. The number of rotatable bonds is 5. The number of nitrogens with one attached hydrogen (secondary N) is 2. The fraction of sp³-hybridized carbons (Fsp3) is 0.333.